The van der Waals surface area contributed by atoms with E-state index in [9.17, 15) is 18.7 Å². The van der Waals surface area contributed by atoms with E-state index in [0.29, 0.717) is 6.07 Å². The maximum atomic E-state index is 12.9. The van der Waals surface area contributed by atoms with Crippen molar-refractivity contribution in [1.29, 1.82) is 0 Å². The summed E-state index contributed by atoms with van der Waals surface area (Å²) < 4.78 is 25.8. The summed E-state index contributed by atoms with van der Waals surface area (Å²) in [7, 11) is 0. The predicted octanol–water partition coefficient (Wildman–Crippen LogP) is 2.10. The van der Waals surface area contributed by atoms with E-state index >= 15 is 0 Å². The van der Waals surface area contributed by atoms with Gasteiger partial charge in [-0.3, -0.25) is 4.79 Å². The van der Waals surface area contributed by atoms with Gasteiger partial charge >= 0.3 is 0 Å². The van der Waals surface area contributed by atoms with Crippen molar-refractivity contribution in [2.24, 2.45) is 5.41 Å². The number of carbonyl (C=O) groups is 1. The summed E-state index contributed by atoms with van der Waals surface area (Å²) in [5.74, 6) is -2.23. The number of amides is 1. The summed E-state index contributed by atoms with van der Waals surface area (Å²) in [6.07, 6.45) is -0.736. The maximum absolute atomic E-state index is 12.9. The van der Waals surface area contributed by atoms with Gasteiger partial charge in [-0.05, 0) is 17.5 Å². The monoisotopic (exact) mass is 257 g/mol. The Hall–Kier alpha value is -1.49. The second-order valence-electron chi connectivity index (χ2n) is 5.25. The van der Waals surface area contributed by atoms with Gasteiger partial charge in [0.2, 0.25) is 0 Å². The third kappa shape index (κ3) is 4.07. The molecule has 0 saturated heterocycles. The van der Waals surface area contributed by atoms with Gasteiger partial charge in [0.05, 0.1) is 6.10 Å². The Kier molecular flexibility index (Phi) is 4.40. The molecule has 3 nitrogen and oxygen atoms in total. The molecule has 0 spiro atoms. The van der Waals surface area contributed by atoms with Gasteiger partial charge in [0, 0.05) is 18.2 Å². The number of aliphatic hydroxyl groups is 1. The van der Waals surface area contributed by atoms with Crippen molar-refractivity contribution in [3.63, 3.8) is 0 Å². The molecule has 1 unspecified atom stereocenters. The lowest BCUT2D eigenvalue weighted by Gasteiger charge is -2.25. The van der Waals surface area contributed by atoms with Crippen LogP contribution in [0.5, 0.6) is 0 Å². The zero-order valence-electron chi connectivity index (χ0n) is 10.6. The van der Waals surface area contributed by atoms with Gasteiger partial charge in [0.15, 0.2) is 0 Å². The molecule has 100 valence electrons. The number of hydrogen-bond acceptors (Lipinski definition) is 2. The molecule has 5 heteroatoms. The third-order valence-corrected chi connectivity index (χ3v) is 2.58. The summed E-state index contributed by atoms with van der Waals surface area (Å²) in [5.41, 5.74) is -0.478. The molecule has 18 heavy (non-hydrogen) atoms. The van der Waals surface area contributed by atoms with Gasteiger partial charge in [0.1, 0.15) is 11.6 Å². The highest BCUT2D eigenvalue weighted by Crippen LogP contribution is 2.18. The van der Waals surface area contributed by atoms with Crippen molar-refractivity contribution in [2.75, 3.05) is 6.54 Å². The molecular weight excluding hydrogens is 240 g/mol. The zero-order chi connectivity index (χ0) is 13.9. The van der Waals surface area contributed by atoms with E-state index in [4.69, 9.17) is 0 Å². The molecule has 0 aliphatic carbocycles. The van der Waals surface area contributed by atoms with Crippen LogP contribution in [0.25, 0.3) is 0 Å². The molecule has 0 heterocycles. The van der Waals surface area contributed by atoms with Crippen LogP contribution in [0.2, 0.25) is 0 Å². The molecular formula is C13H17F2NO2. The molecule has 1 aromatic carbocycles. The first-order valence-electron chi connectivity index (χ1n) is 5.62. The first kappa shape index (κ1) is 14.6. The SMILES string of the molecule is CC(C)(C)C(O)CNC(=O)c1cc(F)cc(F)c1. The molecule has 1 atom stereocenters. The number of hydrogen-bond donors (Lipinski definition) is 2. The largest absolute Gasteiger partial charge is 0.391 e. The summed E-state index contributed by atoms with van der Waals surface area (Å²) >= 11 is 0. The van der Waals surface area contributed by atoms with Gasteiger partial charge in [-0.15, -0.1) is 0 Å². The van der Waals surface area contributed by atoms with Crippen LogP contribution in [0, 0.1) is 17.0 Å². The van der Waals surface area contributed by atoms with Crippen LogP contribution in [0.15, 0.2) is 18.2 Å². The van der Waals surface area contributed by atoms with E-state index in [1.807, 2.05) is 20.8 Å². The van der Waals surface area contributed by atoms with E-state index in [0.717, 1.165) is 12.1 Å². The van der Waals surface area contributed by atoms with Crippen LogP contribution in [0.1, 0.15) is 31.1 Å². The number of aliphatic hydroxyl groups excluding tert-OH is 1. The highest BCUT2D eigenvalue weighted by atomic mass is 19.1. The lowest BCUT2D eigenvalue weighted by atomic mass is 9.89. The Bertz CT molecular complexity index is 421. The molecule has 0 aromatic heterocycles. The minimum absolute atomic E-state index is 0.0282. The van der Waals surface area contributed by atoms with E-state index in [1.165, 1.54) is 0 Å². The van der Waals surface area contributed by atoms with Gasteiger partial charge in [0.25, 0.3) is 5.91 Å². The Morgan fingerprint density at radius 3 is 2.22 bits per heavy atom. The Morgan fingerprint density at radius 2 is 1.78 bits per heavy atom. The van der Waals surface area contributed by atoms with E-state index < -0.39 is 23.6 Å². The van der Waals surface area contributed by atoms with Crippen molar-refractivity contribution in [3.05, 3.63) is 35.4 Å². The first-order valence-corrected chi connectivity index (χ1v) is 5.62. The maximum Gasteiger partial charge on any atom is 0.251 e. The smallest absolute Gasteiger partial charge is 0.251 e. The average Bonchev–Trinajstić information content (AvgIpc) is 2.22. The number of nitrogens with one attached hydrogen (secondary N) is 1. The molecule has 0 saturated carbocycles. The molecule has 1 amide bonds. The van der Waals surface area contributed by atoms with E-state index in [-0.39, 0.29) is 17.5 Å². The molecule has 1 aromatic rings. The van der Waals surface area contributed by atoms with Crippen LogP contribution < -0.4 is 5.32 Å². The number of carbonyl (C=O) groups excluding carboxylic acids is 1. The van der Waals surface area contributed by atoms with E-state index in [1.54, 1.807) is 0 Å². The van der Waals surface area contributed by atoms with Crippen LogP contribution in [-0.4, -0.2) is 23.7 Å². The number of rotatable bonds is 3. The molecule has 2 N–H and O–H groups in total. The minimum atomic E-state index is -0.809. The van der Waals surface area contributed by atoms with Crippen molar-refractivity contribution in [3.8, 4) is 0 Å². The topological polar surface area (TPSA) is 49.3 Å². The molecule has 0 aliphatic heterocycles. The molecule has 0 radical (unpaired) electrons. The average molecular weight is 257 g/mol. The lowest BCUT2D eigenvalue weighted by molar-refractivity contribution is 0.0586. The molecule has 0 fully saturated rings. The molecule has 0 aliphatic rings. The summed E-state index contributed by atoms with van der Waals surface area (Å²) in [4.78, 5) is 11.6. The highest BCUT2D eigenvalue weighted by molar-refractivity contribution is 5.94. The molecule has 0 bridgehead atoms. The standard InChI is InChI=1S/C13H17F2NO2/c1-13(2,3)11(17)7-16-12(18)8-4-9(14)6-10(15)5-8/h4-6,11,17H,7H2,1-3H3,(H,16,18). The fourth-order valence-electron chi connectivity index (χ4n) is 1.28. The van der Waals surface area contributed by atoms with Crippen molar-refractivity contribution >= 4 is 5.91 Å². The van der Waals surface area contributed by atoms with Crippen LogP contribution in [0.4, 0.5) is 8.78 Å². The van der Waals surface area contributed by atoms with Gasteiger partial charge in [-0.25, -0.2) is 8.78 Å². The summed E-state index contributed by atoms with van der Waals surface area (Å²) in [6, 6.07) is 2.59. The lowest BCUT2D eigenvalue weighted by Crippen LogP contribution is -2.39. The van der Waals surface area contributed by atoms with Crippen molar-refractivity contribution in [1.82, 2.24) is 5.32 Å². The number of benzene rings is 1. The van der Waals surface area contributed by atoms with Gasteiger partial charge in [-0.2, -0.15) is 0 Å². The second kappa shape index (κ2) is 5.44. The minimum Gasteiger partial charge on any atom is -0.391 e. The quantitative estimate of drug-likeness (QED) is 0.871. The Balaban J connectivity index is 2.66. The third-order valence-electron chi connectivity index (χ3n) is 2.58. The van der Waals surface area contributed by atoms with Crippen LogP contribution >= 0.6 is 0 Å². The number of halogens is 2. The van der Waals surface area contributed by atoms with E-state index in [2.05, 4.69) is 5.32 Å². The zero-order valence-corrected chi connectivity index (χ0v) is 10.6. The van der Waals surface area contributed by atoms with Crippen molar-refractivity contribution in [2.45, 2.75) is 26.9 Å². The summed E-state index contributed by atoms with van der Waals surface area (Å²) in [6.45, 7) is 5.50. The molecule has 1 rings (SSSR count). The fraction of sp³-hybridized carbons (Fsp3) is 0.462. The van der Waals surface area contributed by atoms with Gasteiger partial charge in [-0.1, -0.05) is 20.8 Å². The fourth-order valence-corrected chi connectivity index (χ4v) is 1.28. The second-order valence-corrected chi connectivity index (χ2v) is 5.25. The Labute approximate surface area is 105 Å². The normalized spacial score (nSPS) is 13.2. The van der Waals surface area contributed by atoms with Crippen LogP contribution in [0.3, 0.4) is 0 Å². The first-order chi connectivity index (χ1) is 8.20. The van der Waals surface area contributed by atoms with Crippen molar-refractivity contribution < 1.29 is 18.7 Å². The Morgan fingerprint density at radius 1 is 1.28 bits per heavy atom. The van der Waals surface area contributed by atoms with Crippen LogP contribution in [-0.2, 0) is 0 Å². The summed E-state index contributed by atoms with van der Waals surface area (Å²) in [5, 5.41) is 12.2. The predicted molar refractivity (Wildman–Crippen MR) is 64.2 cm³/mol. The van der Waals surface area contributed by atoms with Gasteiger partial charge < -0.3 is 10.4 Å². The highest BCUT2D eigenvalue weighted by Gasteiger charge is 2.22.